The van der Waals surface area contributed by atoms with Gasteiger partial charge < -0.3 is 0 Å². The third-order valence-corrected chi connectivity index (χ3v) is 8.86. The first-order valence-corrected chi connectivity index (χ1v) is 13.3. The van der Waals surface area contributed by atoms with Gasteiger partial charge in [-0.25, -0.2) is 4.57 Å². The van der Waals surface area contributed by atoms with Gasteiger partial charge in [-0.1, -0.05) is 56.7 Å². The summed E-state index contributed by atoms with van der Waals surface area (Å²) in [6.45, 7) is 11.8. The molecule has 2 aromatic rings. The maximum Gasteiger partial charge on any atom is 0.272 e. The number of hydrogen-bond donors (Lipinski definition) is 0. The molecule has 0 unspecified atom stereocenters. The van der Waals surface area contributed by atoms with Crippen molar-refractivity contribution in [2.45, 2.75) is 110 Å². The summed E-state index contributed by atoms with van der Waals surface area (Å²) >= 11 is 0. The van der Waals surface area contributed by atoms with Gasteiger partial charge in [-0.05, 0) is 82.9 Å². The summed E-state index contributed by atoms with van der Waals surface area (Å²) in [6, 6.07) is 8.96. The van der Waals surface area contributed by atoms with Gasteiger partial charge in [0.25, 0.3) is 5.82 Å². The Hall–Kier alpha value is -1.83. The van der Waals surface area contributed by atoms with E-state index < -0.39 is 0 Å². The van der Waals surface area contributed by atoms with Crippen molar-refractivity contribution in [2.24, 2.45) is 11.8 Å². The average molecular weight is 432 g/mol. The molecule has 2 fully saturated rings. The molecule has 0 N–H and O–H groups in total. The standard InChI is InChI=1S/C30H43N2/c1-22-14-12-13-19-26(22)32-23(2)27-30(24-15-8-6-9-16-24,25-17-10-7-11-18-25)20-21-31(27)28(32)29(3,4)5/h12-14,19-21,24-25H,6-11,15-18H2,1-5H3/q+1. The van der Waals surface area contributed by atoms with E-state index in [1.54, 1.807) is 5.69 Å². The highest BCUT2D eigenvalue weighted by atomic mass is 15.2. The van der Waals surface area contributed by atoms with Crippen LogP contribution in [-0.2, 0) is 10.8 Å². The van der Waals surface area contributed by atoms with E-state index in [4.69, 9.17) is 0 Å². The summed E-state index contributed by atoms with van der Waals surface area (Å²) in [4.78, 5) is 0. The van der Waals surface area contributed by atoms with Crippen LogP contribution in [0, 0.1) is 25.7 Å². The number of aryl methyl sites for hydroxylation is 1. The van der Waals surface area contributed by atoms with Crippen molar-refractivity contribution in [1.29, 1.82) is 0 Å². The van der Waals surface area contributed by atoms with Crippen LogP contribution in [0.4, 0.5) is 0 Å². The van der Waals surface area contributed by atoms with E-state index in [0.29, 0.717) is 0 Å². The number of aromatic nitrogens is 2. The molecule has 0 bridgehead atoms. The number of rotatable bonds is 3. The molecule has 0 radical (unpaired) electrons. The van der Waals surface area contributed by atoms with Crippen LogP contribution in [-0.4, -0.2) is 4.57 Å². The van der Waals surface area contributed by atoms with Crippen molar-refractivity contribution in [1.82, 2.24) is 4.57 Å². The van der Waals surface area contributed by atoms with Crippen molar-refractivity contribution in [2.75, 3.05) is 0 Å². The van der Waals surface area contributed by atoms with Crippen molar-refractivity contribution < 1.29 is 4.57 Å². The molecule has 32 heavy (non-hydrogen) atoms. The van der Waals surface area contributed by atoms with E-state index in [0.717, 1.165) is 11.8 Å². The predicted octanol–water partition coefficient (Wildman–Crippen LogP) is 7.56. The summed E-state index contributed by atoms with van der Waals surface area (Å²) in [5.74, 6) is 3.02. The van der Waals surface area contributed by atoms with Gasteiger partial charge in [0.05, 0.1) is 17.0 Å². The maximum atomic E-state index is 2.69. The Bertz CT molecular complexity index is 986. The Morgan fingerprint density at radius 2 is 1.41 bits per heavy atom. The molecule has 2 heterocycles. The zero-order valence-electron chi connectivity index (χ0n) is 21.1. The van der Waals surface area contributed by atoms with Crippen LogP contribution >= 0.6 is 0 Å². The smallest absolute Gasteiger partial charge is 0.202 e. The summed E-state index contributed by atoms with van der Waals surface area (Å²) in [7, 11) is 0. The van der Waals surface area contributed by atoms with E-state index in [1.807, 2.05) is 0 Å². The molecule has 0 saturated heterocycles. The lowest BCUT2D eigenvalue weighted by molar-refractivity contribution is -0.588. The Morgan fingerprint density at radius 3 is 1.94 bits per heavy atom. The van der Waals surface area contributed by atoms with Crippen LogP contribution in [0.5, 0.6) is 0 Å². The SMILES string of the molecule is Cc1ccccc1-n1c(C)c2[n+](c1C(C)(C)C)C=CC2(C1CCCCC1)C1CCCCC1. The van der Waals surface area contributed by atoms with Gasteiger partial charge in [0, 0.05) is 6.92 Å². The predicted molar refractivity (Wildman–Crippen MR) is 134 cm³/mol. The second-order valence-electron chi connectivity index (χ2n) is 11.9. The normalized spacial score (nSPS) is 21.8. The molecule has 2 aliphatic carbocycles. The lowest BCUT2D eigenvalue weighted by Gasteiger charge is -2.44. The van der Waals surface area contributed by atoms with E-state index in [9.17, 15) is 0 Å². The minimum Gasteiger partial charge on any atom is -0.202 e. The Kier molecular flexibility index (Phi) is 5.63. The molecule has 2 nitrogen and oxygen atoms in total. The van der Waals surface area contributed by atoms with Crippen LogP contribution in [0.3, 0.4) is 0 Å². The van der Waals surface area contributed by atoms with Gasteiger partial charge in [-0.3, -0.25) is 0 Å². The molecule has 0 spiro atoms. The van der Waals surface area contributed by atoms with E-state index in [-0.39, 0.29) is 10.8 Å². The number of benzene rings is 1. The zero-order valence-corrected chi connectivity index (χ0v) is 21.1. The lowest BCUT2D eigenvalue weighted by Crippen LogP contribution is -2.47. The monoisotopic (exact) mass is 431 g/mol. The van der Waals surface area contributed by atoms with Crippen molar-refractivity contribution in [3.8, 4) is 5.69 Å². The Morgan fingerprint density at radius 1 is 0.844 bits per heavy atom. The molecule has 1 aromatic heterocycles. The van der Waals surface area contributed by atoms with Gasteiger partial charge in [-0.15, -0.1) is 0 Å². The first kappa shape index (κ1) is 22.0. The quantitative estimate of drug-likeness (QED) is 0.443. The highest BCUT2D eigenvalue weighted by molar-refractivity contribution is 5.48. The van der Waals surface area contributed by atoms with Gasteiger partial charge in [0.15, 0.2) is 5.69 Å². The van der Waals surface area contributed by atoms with Crippen molar-refractivity contribution >= 4 is 6.20 Å². The Labute approximate surface area is 195 Å². The van der Waals surface area contributed by atoms with Crippen LogP contribution in [0.2, 0.25) is 0 Å². The third kappa shape index (κ3) is 3.32. The van der Waals surface area contributed by atoms with Gasteiger partial charge in [0.2, 0.25) is 0 Å². The van der Waals surface area contributed by atoms with Crippen molar-refractivity contribution in [3.63, 3.8) is 0 Å². The third-order valence-electron chi connectivity index (χ3n) is 8.86. The average Bonchev–Trinajstić information content (AvgIpc) is 3.32. The molecule has 1 aromatic carbocycles. The highest BCUT2D eigenvalue weighted by Gasteiger charge is 2.55. The van der Waals surface area contributed by atoms with Crippen LogP contribution < -0.4 is 4.57 Å². The molecule has 1 aliphatic heterocycles. The van der Waals surface area contributed by atoms with Gasteiger partial charge in [-0.2, -0.15) is 4.57 Å². The van der Waals surface area contributed by atoms with Crippen LogP contribution in [0.15, 0.2) is 30.3 Å². The fraction of sp³-hybridized carbons (Fsp3) is 0.633. The molecular formula is C30H43N2+. The maximum absolute atomic E-state index is 2.69. The van der Waals surface area contributed by atoms with E-state index >= 15 is 0 Å². The molecule has 5 rings (SSSR count). The summed E-state index contributed by atoms with van der Waals surface area (Å²) in [6.07, 6.45) is 19.3. The number of hydrogen-bond acceptors (Lipinski definition) is 0. The van der Waals surface area contributed by atoms with Crippen molar-refractivity contribution in [3.05, 3.63) is 53.1 Å². The molecule has 172 valence electrons. The minimum absolute atomic E-state index is 0.0604. The van der Waals surface area contributed by atoms with Crippen LogP contribution in [0.1, 0.15) is 108 Å². The Balaban J connectivity index is 1.78. The number of fused-ring (bicyclic) bond motifs is 1. The minimum atomic E-state index is 0.0604. The zero-order chi connectivity index (χ0) is 22.5. The summed E-state index contributed by atoms with van der Waals surface area (Å²) < 4.78 is 5.26. The second-order valence-corrected chi connectivity index (χ2v) is 11.9. The topological polar surface area (TPSA) is 8.81 Å². The van der Waals surface area contributed by atoms with Gasteiger partial charge >= 0.3 is 0 Å². The second kappa shape index (κ2) is 8.19. The highest BCUT2D eigenvalue weighted by Crippen LogP contribution is 2.54. The lowest BCUT2D eigenvalue weighted by atomic mass is 9.57. The summed E-state index contributed by atoms with van der Waals surface area (Å²) in [5.41, 5.74) is 6.10. The fourth-order valence-electron chi connectivity index (χ4n) is 7.56. The molecular weight excluding hydrogens is 388 g/mol. The molecule has 2 heteroatoms. The van der Waals surface area contributed by atoms with Gasteiger partial charge in [0.1, 0.15) is 11.4 Å². The van der Waals surface area contributed by atoms with E-state index in [2.05, 4.69) is 80.3 Å². The number of imidazole rings is 1. The largest absolute Gasteiger partial charge is 0.272 e. The molecule has 0 amide bonds. The van der Waals surface area contributed by atoms with Crippen LogP contribution in [0.25, 0.3) is 11.9 Å². The fourth-order valence-corrected chi connectivity index (χ4v) is 7.56. The molecule has 0 atom stereocenters. The summed E-state index contributed by atoms with van der Waals surface area (Å²) in [5, 5.41) is 0. The van der Waals surface area contributed by atoms with E-state index in [1.165, 1.54) is 87.0 Å². The first-order chi connectivity index (χ1) is 15.4. The number of nitrogens with zero attached hydrogens (tertiary/aromatic N) is 2. The molecule has 3 aliphatic rings. The molecule has 2 saturated carbocycles. The number of allylic oxidation sites excluding steroid dienone is 1. The first-order valence-electron chi connectivity index (χ1n) is 13.3. The number of para-hydroxylation sites is 1.